The Labute approximate surface area is 156 Å². The van der Waals surface area contributed by atoms with Crippen molar-refractivity contribution < 1.29 is 14.5 Å². The minimum Gasteiger partial charge on any atom is -0.494 e. The second kappa shape index (κ2) is 9.58. The van der Waals surface area contributed by atoms with Crippen LogP contribution in [0.3, 0.4) is 0 Å². The molecule has 2 rings (SSSR count). The Morgan fingerprint density at radius 1 is 1.27 bits per heavy atom. The van der Waals surface area contributed by atoms with E-state index in [-0.39, 0.29) is 10.7 Å². The number of rotatable bonds is 8. The summed E-state index contributed by atoms with van der Waals surface area (Å²) < 4.78 is 5.58. The molecule has 1 amide bonds. The lowest BCUT2D eigenvalue weighted by Crippen LogP contribution is -2.08. The first-order valence-corrected chi connectivity index (χ1v) is 8.53. The first-order chi connectivity index (χ1) is 12.5. The van der Waals surface area contributed by atoms with Crippen molar-refractivity contribution in [1.29, 1.82) is 0 Å². The molecule has 0 saturated heterocycles. The maximum atomic E-state index is 12.0. The number of anilines is 1. The Bertz CT molecular complexity index is 804. The predicted octanol–water partition coefficient (Wildman–Crippen LogP) is 5.08. The molecule has 0 aliphatic carbocycles. The third-order valence-corrected chi connectivity index (χ3v) is 3.80. The van der Waals surface area contributed by atoms with Crippen LogP contribution in [0.1, 0.15) is 25.3 Å². The van der Waals surface area contributed by atoms with E-state index in [4.69, 9.17) is 16.3 Å². The van der Waals surface area contributed by atoms with Gasteiger partial charge in [-0.3, -0.25) is 14.9 Å². The second-order valence-electron chi connectivity index (χ2n) is 5.52. The van der Waals surface area contributed by atoms with Crippen LogP contribution in [0, 0.1) is 10.1 Å². The second-order valence-corrected chi connectivity index (χ2v) is 5.92. The zero-order valence-electron chi connectivity index (χ0n) is 14.3. The highest BCUT2D eigenvalue weighted by molar-refractivity contribution is 6.32. The average molecular weight is 375 g/mol. The first kappa shape index (κ1) is 19.5. The maximum Gasteiger partial charge on any atom is 0.289 e. The Kier molecular flexibility index (Phi) is 7.17. The van der Waals surface area contributed by atoms with E-state index in [9.17, 15) is 14.9 Å². The summed E-state index contributed by atoms with van der Waals surface area (Å²) in [6, 6.07) is 11.5. The van der Waals surface area contributed by atoms with Crippen LogP contribution in [-0.4, -0.2) is 17.4 Å². The molecule has 0 fully saturated rings. The molecule has 2 aromatic rings. The van der Waals surface area contributed by atoms with Gasteiger partial charge in [0.2, 0.25) is 5.91 Å². The van der Waals surface area contributed by atoms with Gasteiger partial charge in [-0.1, -0.05) is 37.1 Å². The number of halogens is 1. The standard InChI is InChI=1S/C19H19ClN2O4/c1-2-3-12-26-16-8-4-14(5-9-16)6-11-19(23)21-15-7-10-17(20)18(13-15)22(24)25/h4-11,13H,2-3,12H2,1H3,(H,21,23)/b11-6+. The molecule has 0 aliphatic rings. The number of hydrogen-bond acceptors (Lipinski definition) is 4. The molecular weight excluding hydrogens is 356 g/mol. The summed E-state index contributed by atoms with van der Waals surface area (Å²) in [6.45, 7) is 2.78. The molecular formula is C19H19ClN2O4. The normalized spacial score (nSPS) is 10.7. The van der Waals surface area contributed by atoms with Crippen molar-refractivity contribution in [2.24, 2.45) is 0 Å². The summed E-state index contributed by atoms with van der Waals surface area (Å²) in [5.74, 6) is 0.387. The minimum atomic E-state index is -0.599. The first-order valence-electron chi connectivity index (χ1n) is 8.15. The lowest BCUT2D eigenvalue weighted by molar-refractivity contribution is -0.384. The fraction of sp³-hybridized carbons (Fsp3) is 0.211. The summed E-state index contributed by atoms with van der Waals surface area (Å²) in [4.78, 5) is 22.2. The summed E-state index contributed by atoms with van der Waals surface area (Å²) in [5.41, 5.74) is 0.882. The molecule has 0 saturated carbocycles. The number of benzene rings is 2. The van der Waals surface area contributed by atoms with Gasteiger partial charge in [0, 0.05) is 17.8 Å². The van der Waals surface area contributed by atoms with E-state index in [2.05, 4.69) is 12.2 Å². The number of unbranched alkanes of at least 4 members (excludes halogenated alkanes) is 1. The molecule has 2 aromatic carbocycles. The van der Waals surface area contributed by atoms with Crippen molar-refractivity contribution in [3.05, 3.63) is 69.2 Å². The molecule has 0 aromatic heterocycles. The van der Waals surface area contributed by atoms with Crippen molar-refractivity contribution in [1.82, 2.24) is 0 Å². The van der Waals surface area contributed by atoms with E-state index in [1.807, 2.05) is 24.3 Å². The molecule has 0 heterocycles. The van der Waals surface area contributed by atoms with Gasteiger partial charge in [0.05, 0.1) is 11.5 Å². The lowest BCUT2D eigenvalue weighted by Gasteiger charge is -2.05. The van der Waals surface area contributed by atoms with Crippen molar-refractivity contribution in [2.75, 3.05) is 11.9 Å². The summed E-state index contributed by atoms with van der Waals surface area (Å²) in [5, 5.41) is 13.5. The molecule has 0 unspecified atom stereocenters. The quantitative estimate of drug-likeness (QED) is 0.302. The van der Waals surface area contributed by atoms with E-state index in [0.29, 0.717) is 12.3 Å². The molecule has 0 radical (unpaired) electrons. The van der Waals surface area contributed by atoms with Gasteiger partial charge in [-0.05, 0) is 42.3 Å². The van der Waals surface area contributed by atoms with E-state index >= 15 is 0 Å². The molecule has 6 nitrogen and oxygen atoms in total. The van der Waals surface area contributed by atoms with E-state index in [1.54, 1.807) is 6.08 Å². The van der Waals surface area contributed by atoms with Crippen LogP contribution in [0.5, 0.6) is 5.75 Å². The van der Waals surface area contributed by atoms with Crippen LogP contribution in [0.4, 0.5) is 11.4 Å². The van der Waals surface area contributed by atoms with E-state index in [1.165, 1.54) is 24.3 Å². The molecule has 1 N–H and O–H groups in total. The third kappa shape index (κ3) is 5.89. The number of nitrogens with one attached hydrogen (secondary N) is 1. The van der Waals surface area contributed by atoms with Gasteiger partial charge < -0.3 is 10.1 Å². The molecule has 0 atom stereocenters. The number of hydrogen-bond donors (Lipinski definition) is 1. The number of ether oxygens (including phenoxy) is 1. The van der Waals surface area contributed by atoms with E-state index in [0.717, 1.165) is 24.2 Å². The topological polar surface area (TPSA) is 81.5 Å². The van der Waals surface area contributed by atoms with Gasteiger partial charge in [-0.15, -0.1) is 0 Å². The lowest BCUT2D eigenvalue weighted by atomic mass is 10.2. The van der Waals surface area contributed by atoms with Crippen LogP contribution in [0.15, 0.2) is 48.5 Å². The molecule has 26 heavy (non-hydrogen) atoms. The third-order valence-electron chi connectivity index (χ3n) is 3.48. The fourth-order valence-corrected chi connectivity index (χ4v) is 2.28. The summed E-state index contributed by atoms with van der Waals surface area (Å²) >= 11 is 5.74. The van der Waals surface area contributed by atoms with Crippen LogP contribution in [-0.2, 0) is 4.79 Å². The van der Waals surface area contributed by atoms with Crippen molar-refractivity contribution in [3.8, 4) is 5.75 Å². The monoisotopic (exact) mass is 374 g/mol. The zero-order valence-corrected chi connectivity index (χ0v) is 15.0. The fourth-order valence-electron chi connectivity index (χ4n) is 2.10. The largest absolute Gasteiger partial charge is 0.494 e. The van der Waals surface area contributed by atoms with Crippen molar-refractivity contribution in [3.63, 3.8) is 0 Å². The molecule has 0 spiro atoms. The number of nitrogens with zero attached hydrogens (tertiary/aromatic N) is 1. The minimum absolute atomic E-state index is 0.0183. The van der Waals surface area contributed by atoms with E-state index < -0.39 is 10.8 Å². The Balaban J connectivity index is 1.95. The van der Waals surface area contributed by atoms with Crippen LogP contribution in [0.25, 0.3) is 6.08 Å². The molecule has 0 aliphatic heterocycles. The highest BCUT2D eigenvalue weighted by Crippen LogP contribution is 2.27. The Morgan fingerprint density at radius 2 is 2.00 bits per heavy atom. The van der Waals surface area contributed by atoms with Gasteiger partial charge in [0.1, 0.15) is 10.8 Å². The SMILES string of the molecule is CCCCOc1ccc(/C=C/C(=O)Nc2ccc(Cl)c([N+](=O)[O-])c2)cc1. The Hall–Kier alpha value is -2.86. The maximum absolute atomic E-state index is 12.0. The number of nitro benzene ring substituents is 1. The highest BCUT2D eigenvalue weighted by atomic mass is 35.5. The zero-order chi connectivity index (χ0) is 18.9. The summed E-state index contributed by atoms with van der Waals surface area (Å²) in [7, 11) is 0. The smallest absolute Gasteiger partial charge is 0.289 e. The predicted molar refractivity (Wildman–Crippen MR) is 103 cm³/mol. The number of carbonyl (C=O) groups is 1. The molecule has 0 bridgehead atoms. The van der Waals surface area contributed by atoms with Gasteiger partial charge in [0.15, 0.2) is 0 Å². The van der Waals surface area contributed by atoms with Crippen LogP contribution in [0.2, 0.25) is 5.02 Å². The number of amides is 1. The van der Waals surface area contributed by atoms with Gasteiger partial charge in [0.25, 0.3) is 5.69 Å². The van der Waals surface area contributed by atoms with Gasteiger partial charge >= 0.3 is 0 Å². The molecule has 136 valence electrons. The van der Waals surface area contributed by atoms with Gasteiger partial charge in [-0.2, -0.15) is 0 Å². The van der Waals surface area contributed by atoms with Crippen LogP contribution < -0.4 is 10.1 Å². The number of nitro groups is 1. The van der Waals surface area contributed by atoms with Crippen molar-refractivity contribution >= 4 is 35.0 Å². The summed E-state index contributed by atoms with van der Waals surface area (Å²) in [6.07, 6.45) is 5.08. The van der Waals surface area contributed by atoms with Crippen LogP contribution >= 0.6 is 11.6 Å². The number of carbonyl (C=O) groups excluding carboxylic acids is 1. The Morgan fingerprint density at radius 3 is 2.65 bits per heavy atom. The van der Waals surface area contributed by atoms with Gasteiger partial charge in [-0.25, -0.2) is 0 Å². The highest BCUT2D eigenvalue weighted by Gasteiger charge is 2.13. The average Bonchev–Trinajstić information content (AvgIpc) is 2.62. The molecule has 7 heteroatoms. The van der Waals surface area contributed by atoms with Crippen molar-refractivity contribution in [2.45, 2.75) is 19.8 Å².